The van der Waals surface area contributed by atoms with Crippen LogP contribution in [0.1, 0.15) is 24.0 Å². The fourth-order valence-electron chi connectivity index (χ4n) is 4.69. The summed E-state index contributed by atoms with van der Waals surface area (Å²) in [4.78, 5) is 19.0. The summed E-state index contributed by atoms with van der Waals surface area (Å²) in [5.41, 5.74) is 8.10. The van der Waals surface area contributed by atoms with Gasteiger partial charge in [0.25, 0.3) is 0 Å². The highest BCUT2D eigenvalue weighted by Crippen LogP contribution is 2.25. The monoisotopic (exact) mass is 451 g/mol. The van der Waals surface area contributed by atoms with Crippen LogP contribution in [0.3, 0.4) is 0 Å². The Balaban J connectivity index is 1.33. The molecule has 0 saturated carbocycles. The summed E-state index contributed by atoms with van der Waals surface area (Å²) in [6.45, 7) is 4.15. The molecule has 2 aromatic rings. The van der Waals surface area contributed by atoms with Crippen LogP contribution in [0.15, 0.2) is 48.5 Å². The average Bonchev–Trinajstić information content (AvgIpc) is 2.83. The number of methoxy groups -OCH3 is 1. The fraction of sp³-hybridized carbons (Fsp3) is 0.440. The van der Waals surface area contributed by atoms with E-state index in [1.54, 1.807) is 35.1 Å². The molecule has 0 aromatic heterocycles. The molecule has 2 heterocycles. The molecular formula is C25H33N5O3. The Labute approximate surface area is 195 Å². The number of amides is 2. The fourth-order valence-corrected chi connectivity index (χ4v) is 4.69. The second-order valence-corrected chi connectivity index (χ2v) is 8.98. The summed E-state index contributed by atoms with van der Waals surface area (Å²) in [5.74, 6) is 1.24. The number of urea groups is 1. The molecule has 1 unspecified atom stereocenters. The van der Waals surface area contributed by atoms with Crippen LogP contribution in [0, 0.1) is 11.3 Å². The van der Waals surface area contributed by atoms with Gasteiger partial charge in [0, 0.05) is 24.3 Å². The molecule has 1 atom stereocenters. The Morgan fingerprint density at radius 2 is 1.88 bits per heavy atom. The predicted octanol–water partition coefficient (Wildman–Crippen LogP) is 2.49. The number of ether oxygens (including phenoxy) is 1. The lowest BCUT2D eigenvalue weighted by Crippen LogP contribution is -2.57. The van der Waals surface area contributed by atoms with Crippen LogP contribution in [0.4, 0.5) is 10.5 Å². The molecule has 33 heavy (non-hydrogen) atoms. The molecule has 2 fully saturated rings. The number of β-amino-alcohol motifs (C(OH)–C–C–N with tert-alkyl or cyclic N) is 1. The number of piperidine rings is 1. The van der Waals surface area contributed by atoms with E-state index in [1.165, 1.54) is 5.56 Å². The van der Waals surface area contributed by atoms with E-state index in [1.807, 2.05) is 18.2 Å². The number of amidine groups is 1. The highest BCUT2D eigenvalue weighted by Gasteiger charge is 2.34. The number of carbonyl (C=O) groups is 1. The number of hydrogen-bond donors (Lipinski definition) is 3. The zero-order valence-electron chi connectivity index (χ0n) is 19.1. The normalized spacial score (nSPS) is 20.2. The Morgan fingerprint density at radius 1 is 1.15 bits per heavy atom. The molecule has 0 bridgehead atoms. The van der Waals surface area contributed by atoms with E-state index in [-0.39, 0.29) is 18.4 Å². The number of benzene rings is 2. The smallest absolute Gasteiger partial charge is 0.324 e. The summed E-state index contributed by atoms with van der Waals surface area (Å²) in [7, 11) is 1.67. The van der Waals surface area contributed by atoms with Gasteiger partial charge in [-0.25, -0.2) is 4.79 Å². The van der Waals surface area contributed by atoms with Crippen molar-refractivity contribution in [2.45, 2.75) is 25.5 Å². The second-order valence-electron chi connectivity index (χ2n) is 8.98. The molecule has 0 aliphatic carbocycles. The Morgan fingerprint density at radius 3 is 2.55 bits per heavy atom. The third-order valence-corrected chi connectivity index (χ3v) is 6.55. The third-order valence-electron chi connectivity index (χ3n) is 6.55. The minimum absolute atomic E-state index is 0.0416. The van der Waals surface area contributed by atoms with Crippen molar-refractivity contribution in [1.82, 2.24) is 9.80 Å². The van der Waals surface area contributed by atoms with Gasteiger partial charge in [-0.15, -0.1) is 0 Å². The topological polar surface area (TPSA) is 106 Å². The van der Waals surface area contributed by atoms with Gasteiger partial charge in [-0.3, -0.25) is 15.2 Å². The van der Waals surface area contributed by atoms with Gasteiger partial charge in [0.15, 0.2) is 0 Å². The van der Waals surface area contributed by atoms with Gasteiger partial charge in [0.2, 0.25) is 0 Å². The van der Waals surface area contributed by atoms with E-state index in [0.717, 1.165) is 38.2 Å². The van der Waals surface area contributed by atoms with Crippen molar-refractivity contribution >= 4 is 17.6 Å². The van der Waals surface area contributed by atoms with E-state index < -0.39 is 6.10 Å². The van der Waals surface area contributed by atoms with Crippen molar-refractivity contribution in [2.24, 2.45) is 11.7 Å². The largest absolute Gasteiger partial charge is 0.497 e. The number of carbonyl (C=O) groups excluding carboxylic acids is 1. The number of aliphatic hydroxyl groups is 1. The Kier molecular flexibility index (Phi) is 7.15. The summed E-state index contributed by atoms with van der Waals surface area (Å²) < 4.78 is 5.23. The van der Waals surface area contributed by atoms with Crippen molar-refractivity contribution in [3.63, 3.8) is 0 Å². The van der Waals surface area contributed by atoms with Crippen LogP contribution >= 0.6 is 0 Å². The van der Waals surface area contributed by atoms with E-state index in [0.29, 0.717) is 30.3 Å². The van der Waals surface area contributed by atoms with Gasteiger partial charge in [0.1, 0.15) is 11.6 Å². The highest BCUT2D eigenvalue weighted by molar-refractivity contribution is 5.98. The number of aliphatic hydroxyl groups excluding tert-OH is 1. The quantitative estimate of drug-likeness (QED) is 0.443. The zero-order chi connectivity index (χ0) is 23.4. The van der Waals surface area contributed by atoms with Crippen molar-refractivity contribution in [1.29, 1.82) is 5.41 Å². The SMILES string of the molecule is COc1ccc(CN2CCC(CN3CC(O)CN(c4cccc(C(=N)N)c4)C3=O)CC2)cc1. The number of nitrogens with one attached hydrogen (secondary N) is 1. The molecule has 0 radical (unpaired) electrons. The summed E-state index contributed by atoms with van der Waals surface area (Å²) in [6.07, 6.45) is 1.44. The van der Waals surface area contributed by atoms with Gasteiger partial charge in [-0.2, -0.15) is 0 Å². The molecule has 2 aromatic carbocycles. The Hall–Kier alpha value is -3.10. The van der Waals surface area contributed by atoms with Crippen molar-refractivity contribution in [3.8, 4) is 5.75 Å². The van der Waals surface area contributed by atoms with Gasteiger partial charge < -0.3 is 20.5 Å². The molecule has 4 rings (SSSR count). The number of nitrogen functional groups attached to an aromatic ring is 1. The number of nitrogens with two attached hydrogens (primary N) is 1. The van der Waals surface area contributed by atoms with Gasteiger partial charge in [-0.1, -0.05) is 24.3 Å². The molecule has 2 aliphatic rings. The number of hydrogen-bond acceptors (Lipinski definition) is 5. The maximum absolute atomic E-state index is 13.2. The Bertz CT molecular complexity index is 972. The van der Waals surface area contributed by atoms with E-state index in [2.05, 4.69) is 17.0 Å². The van der Waals surface area contributed by atoms with Crippen LogP contribution in [-0.2, 0) is 6.54 Å². The standard InChI is InChI=1S/C25H33N5O3/c1-33-23-7-5-18(6-8-23)14-28-11-9-19(10-12-28)15-29-16-22(31)17-30(25(29)32)21-4-2-3-20(13-21)24(26)27/h2-8,13,19,22,31H,9-12,14-17H2,1H3,(H3,26,27). The summed E-state index contributed by atoms with van der Waals surface area (Å²) in [6, 6.07) is 15.2. The highest BCUT2D eigenvalue weighted by atomic mass is 16.5. The molecular weight excluding hydrogens is 418 g/mol. The molecule has 8 heteroatoms. The van der Waals surface area contributed by atoms with Crippen molar-refractivity contribution < 1.29 is 14.6 Å². The zero-order valence-corrected chi connectivity index (χ0v) is 19.1. The molecule has 176 valence electrons. The first-order valence-electron chi connectivity index (χ1n) is 11.5. The van der Waals surface area contributed by atoms with Crippen LogP contribution in [0.2, 0.25) is 0 Å². The van der Waals surface area contributed by atoms with Crippen LogP contribution in [0.5, 0.6) is 5.75 Å². The summed E-state index contributed by atoms with van der Waals surface area (Å²) >= 11 is 0. The van der Waals surface area contributed by atoms with E-state index in [9.17, 15) is 9.90 Å². The molecule has 2 saturated heterocycles. The number of rotatable bonds is 7. The predicted molar refractivity (Wildman–Crippen MR) is 129 cm³/mol. The number of nitrogens with zero attached hydrogens (tertiary/aromatic N) is 3. The van der Waals surface area contributed by atoms with Gasteiger partial charge in [-0.05, 0) is 61.7 Å². The molecule has 2 aliphatic heterocycles. The lowest BCUT2D eigenvalue weighted by atomic mass is 9.95. The van der Waals surface area contributed by atoms with Crippen molar-refractivity contribution in [3.05, 3.63) is 59.7 Å². The van der Waals surface area contributed by atoms with Gasteiger partial charge >= 0.3 is 6.03 Å². The summed E-state index contributed by atoms with van der Waals surface area (Å²) in [5, 5.41) is 18.1. The number of anilines is 1. The molecule has 8 nitrogen and oxygen atoms in total. The number of likely N-dealkylation sites (tertiary alicyclic amines) is 1. The maximum atomic E-state index is 13.2. The van der Waals surface area contributed by atoms with Crippen molar-refractivity contribution in [2.75, 3.05) is 44.7 Å². The van der Waals surface area contributed by atoms with Gasteiger partial charge in [0.05, 0.1) is 26.3 Å². The van der Waals surface area contributed by atoms with E-state index >= 15 is 0 Å². The maximum Gasteiger partial charge on any atom is 0.324 e. The lowest BCUT2D eigenvalue weighted by molar-refractivity contribution is 0.0874. The van der Waals surface area contributed by atoms with Crippen LogP contribution < -0.4 is 15.4 Å². The lowest BCUT2D eigenvalue weighted by Gasteiger charge is -2.41. The third kappa shape index (κ3) is 5.64. The van der Waals surface area contributed by atoms with Crippen LogP contribution in [0.25, 0.3) is 0 Å². The first-order chi connectivity index (χ1) is 15.9. The molecule has 2 amide bonds. The second kappa shape index (κ2) is 10.2. The first-order valence-corrected chi connectivity index (χ1v) is 11.5. The first kappa shape index (κ1) is 23.1. The molecule has 4 N–H and O–H groups in total. The average molecular weight is 452 g/mol. The minimum Gasteiger partial charge on any atom is -0.497 e. The minimum atomic E-state index is -0.612. The van der Waals surface area contributed by atoms with Crippen LogP contribution in [-0.4, -0.2) is 72.7 Å². The van der Waals surface area contributed by atoms with E-state index in [4.69, 9.17) is 15.9 Å². The molecule has 0 spiro atoms.